The second-order valence-corrected chi connectivity index (χ2v) is 8.07. The van der Waals surface area contributed by atoms with Crippen molar-refractivity contribution in [2.45, 2.75) is 26.0 Å². The van der Waals surface area contributed by atoms with E-state index in [1.165, 1.54) is 12.1 Å². The predicted molar refractivity (Wildman–Crippen MR) is 118 cm³/mol. The van der Waals surface area contributed by atoms with Crippen molar-refractivity contribution in [3.05, 3.63) is 89.5 Å². The van der Waals surface area contributed by atoms with Crippen molar-refractivity contribution in [3.8, 4) is 0 Å². The Morgan fingerprint density at radius 3 is 2.42 bits per heavy atom. The summed E-state index contributed by atoms with van der Waals surface area (Å²) in [7, 11) is 0. The summed E-state index contributed by atoms with van der Waals surface area (Å²) in [5.74, 6) is -0.520. The number of hydroxylamine groups is 2. The molecule has 1 saturated heterocycles. The van der Waals surface area contributed by atoms with Crippen molar-refractivity contribution >= 4 is 17.1 Å². The lowest BCUT2D eigenvalue weighted by Gasteiger charge is -2.38. The minimum absolute atomic E-state index is 0.218. The maximum Gasteiger partial charge on any atom is 0.146 e. The molecule has 0 N–H and O–H groups in total. The highest BCUT2D eigenvalue weighted by molar-refractivity contribution is 5.72. The highest BCUT2D eigenvalue weighted by Gasteiger charge is 2.28. The van der Waals surface area contributed by atoms with Crippen LogP contribution >= 0.6 is 0 Å². The lowest BCUT2D eigenvalue weighted by atomic mass is 10.1. The largest absolute Gasteiger partial charge is 0.369 e. The Labute approximate surface area is 181 Å². The molecule has 2 aliphatic rings. The number of anilines is 3. The molecule has 0 unspecified atom stereocenters. The van der Waals surface area contributed by atoms with Crippen LogP contribution in [0.5, 0.6) is 0 Å². The second-order valence-electron chi connectivity index (χ2n) is 8.07. The van der Waals surface area contributed by atoms with E-state index in [1.54, 1.807) is 17.2 Å². The fourth-order valence-electron chi connectivity index (χ4n) is 4.34. The number of benzene rings is 3. The van der Waals surface area contributed by atoms with Crippen LogP contribution in [0.2, 0.25) is 0 Å². The fraction of sp³-hybridized carbons (Fsp3) is 0.280. The quantitative estimate of drug-likeness (QED) is 0.533. The summed E-state index contributed by atoms with van der Waals surface area (Å²) in [6, 6.07) is 19.9. The molecule has 0 saturated carbocycles. The van der Waals surface area contributed by atoms with Gasteiger partial charge in [0.1, 0.15) is 11.6 Å². The van der Waals surface area contributed by atoms with Crippen LogP contribution in [0.25, 0.3) is 0 Å². The molecule has 1 fully saturated rings. The Hall–Kier alpha value is -2.96. The first-order chi connectivity index (χ1) is 15.2. The number of rotatable bonds is 5. The first-order valence-electron chi connectivity index (χ1n) is 10.7. The zero-order valence-electron chi connectivity index (χ0n) is 17.3. The fourth-order valence-corrected chi connectivity index (χ4v) is 4.34. The summed E-state index contributed by atoms with van der Waals surface area (Å²) in [5.41, 5.74) is 4.11. The van der Waals surface area contributed by atoms with Crippen molar-refractivity contribution in [1.82, 2.24) is 5.06 Å². The Kier molecular flexibility index (Phi) is 5.57. The highest BCUT2D eigenvalue weighted by atomic mass is 19.1. The normalized spacial score (nSPS) is 16.6. The molecule has 0 aliphatic carbocycles. The van der Waals surface area contributed by atoms with Crippen LogP contribution in [-0.2, 0) is 18.0 Å². The van der Waals surface area contributed by atoms with E-state index >= 15 is 4.39 Å². The molecule has 4 nitrogen and oxygen atoms in total. The summed E-state index contributed by atoms with van der Waals surface area (Å²) >= 11 is 0. The van der Waals surface area contributed by atoms with E-state index in [1.807, 2.05) is 47.4 Å². The Morgan fingerprint density at radius 1 is 0.839 bits per heavy atom. The molecule has 0 radical (unpaired) electrons. The van der Waals surface area contributed by atoms with Gasteiger partial charge in [-0.1, -0.05) is 36.4 Å². The van der Waals surface area contributed by atoms with Crippen LogP contribution in [-0.4, -0.2) is 24.8 Å². The van der Waals surface area contributed by atoms with Crippen molar-refractivity contribution in [3.63, 3.8) is 0 Å². The lowest BCUT2D eigenvalue weighted by molar-refractivity contribution is -0.178. The van der Waals surface area contributed by atoms with Crippen LogP contribution in [0.15, 0.2) is 66.7 Å². The maximum atomic E-state index is 15.0. The standard InChI is InChI=1S/C25H25F2N3O/c26-21-9-6-10-22(14-21)30-18-29(31-17-19-7-2-1-3-8-19)16-20-13-23(27)25(15-24(20)30)28-11-4-5-12-28/h1-3,6-10,13-15H,4-5,11-12,16-18H2. The zero-order valence-corrected chi connectivity index (χ0v) is 17.3. The van der Waals surface area contributed by atoms with Gasteiger partial charge in [-0.25, -0.2) is 8.78 Å². The van der Waals surface area contributed by atoms with Crippen LogP contribution in [0.1, 0.15) is 24.0 Å². The molecule has 2 aliphatic heterocycles. The van der Waals surface area contributed by atoms with E-state index in [-0.39, 0.29) is 11.6 Å². The third kappa shape index (κ3) is 4.27. The first-order valence-corrected chi connectivity index (χ1v) is 10.7. The molecule has 0 spiro atoms. The summed E-state index contributed by atoms with van der Waals surface area (Å²) in [6.07, 6.45) is 2.15. The smallest absolute Gasteiger partial charge is 0.146 e. The van der Waals surface area contributed by atoms with Gasteiger partial charge in [-0.3, -0.25) is 4.84 Å². The van der Waals surface area contributed by atoms with Gasteiger partial charge in [0.25, 0.3) is 0 Å². The van der Waals surface area contributed by atoms with Crippen molar-refractivity contribution < 1.29 is 13.6 Å². The van der Waals surface area contributed by atoms with E-state index < -0.39 is 0 Å². The predicted octanol–water partition coefficient (Wildman–Crippen LogP) is 5.61. The van der Waals surface area contributed by atoms with Crippen LogP contribution in [0.3, 0.4) is 0 Å². The SMILES string of the molecule is Fc1cccc(N2CN(OCc3ccccc3)Cc3cc(F)c(N4CCCC4)cc32)c1. The van der Waals surface area contributed by atoms with Crippen LogP contribution in [0, 0.1) is 11.6 Å². The molecular formula is C25H25F2N3O. The van der Waals surface area contributed by atoms with E-state index in [0.29, 0.717) is 31.2 Å². The number of hydrogen-bond donors (Lipinski definition) is 0. The highest BCUT2D eigenvalue weighted by Crippen LogP contribution is 2.39. The second kappa shape index (κ2) is 8.65. The van der Waals surface area contributed by atoms with Crippen molar-refractivity contribution in [2.24, 2.45) is 0 Å². The molecule has 31 heavy (non-hydrogen) atoms. The molecule has 0 bridgehead atoms. The summed E-state index contributed by atoms with van der Waals surface area (Å²) < 4.78 is 29.0. The molecule has 0 amide bonds. The Balaban J connectivity index is 1.48. The molecular weight excluding hydrogens is 396 g/mol. The molecule has 160 valence electrons. The molecule has 0 aromatic heterocycles. The van der Waals surface area contributed by atoms with Crippen molar-refractivity contribution in [1.29, 1.82) is 0 Å². The van der Waals surface area contributed by atoms with Crippen LogP contribution in [0.4, 0.5) is 25.8 Å². The van der Waals surface area contributed by atoms with Crippen molar-refractivity contribution in [2.75, 3.05) is 29.6 Å². The number of hydrogen-bond acceptors (Lipinski definition) is 4. The van der Waals surface area contributed by atoms with Gasteiger partial charge in [0.05, 0.1) is 25.5 Å². The molecule has 2 heterocycles. The Morgan fingerprint density at radius 2 is 1.65 bits per heavy atom. The average Bonchev–Trinajstić information content (AvgIpc) is 3.32. The third-order valence-corrected chi connectivity index (χ3v) is 5.91. The minimum Gasteiger partial charge on any atom is -0.369 e. The minimum atomic E-state index is -0.303. The topological polar surface area (TPSA) is 19.0 Å². The summed E-state index contributed by atoms with van der Waals surface area (Å²) in [6.45, 7) is 3.03. The average molecular weight is 421 g/mol. The molecule has 3 aromatic carbocycles. The zero-order chi connectivity index (χ0) is 21.2. The van der Waals surface area contributed by atoms with Gasteiger partial charge >= 0.3 is 0 Å². The Bertz CT molecular complexity index is 1050. The van der Waals surface area contributed by atoms with Gasteiger partial charge in [0.2, 0.25) is 0 Å². The van der Waals surface area contributed by atoms with Gasteiger partial charge < -0.3 is 9.80 Å². The number of halogens is 2. The maximum absolute atomic E-state index is 15.0. The monoisotopic (exact) mass is 421 g/mol. The molecule has 5 rings (SSSR count). The van der Waals surface area contributed by atoms with Crippen LogP contribution < -0.4 is 9.80 Å². The van der Waals surface area contributed by atoms with Gasteiger partial charge in [0, 0.05) is 24.5 Å². The summed E-state index contributed by atoms with van der Waals surface area (Å²) in [5, 5.41) is 1.80. The van der Waals surface area contributed by atoms with Gasteiger partial charge in [-0.05, 0) is 54.3 Å². The molecule has 0 atom stereocenters. The van der Waals surface area contributed by atoms with Gasteiger partial charge in [-0.2, -0.15) is 5.06 Å². The van der Waals surface area contributed by atoms with E-state index in [2.05, 4.69) is 4.90 Å². The first kappa shape index (κ1) is 20.0. The van der Waals surface area contributed by atoms with Gasteiger partial charge in [-0.15, -0.1) is 0 Å². The van der Waals surface area contributed by atoms with E-state index in [0.717, 1.165) is 42.7 Å². The summed E-state index contributed by atoms with van der Waals surface area (Å²) in [4.78, 5) is 10.1. The number of fused-ring (bicyclic) bond motifs is 1. The van der Waals surface area contributed by atoms with E-state index in [9.17, 15) is 4.39 Å². The van der Waals surface area contributed by atoms with E-state index in [4.69, 9.17) is 4.84 Å². The van der Waals surface area contributed by atoms with Gasteiger partial charge in [0.15, 0.2) is 0 Å². The third-order valence-electron chi connectivity index (χ3n) is 5.91. The molecule has 6 heteroatoms. The molecule has 3 aromatic rings. The lowest BCUT2D eigenvalue weighted by Crippen LogP contribution is -2.40. The number of nitrogens with zero attached hydrogens (tertiary/aromatic N) is 3.